The van der Waals surface area contributed by atoms with E-state index in [9.17, 15) is 14.4 Å². The lowest BCUT2D eigenvalue weighted by atomic mass is 10.0. The van der Waals surface area contributed by atoms with Crippen LogP contribution in [0.2, 0.25) is 0 Å². The number of anilines is 2. The molecule has 1 aromatic heterocycles. The maximum absolute atomic E-state index is 13.4. The molecule has 3 N–H and O–H groups in total. The number of oxime groups is 1. The van der Waals surface area contributed by atoms with Crippen LogP contribution in [0.25, 0.3) is 0 Å². The average molecular weight is 428 g/mol. The van der Waals surface area contributed by atoms with E-state index < -0.39 is 17.2 Å². The van der Waals surface area contributed by atoms with Gasteiger partial charge in [-0.05, 0) is 17.9 Å². The van der Waals surface area contributed by atoms with Gasteiger partial charge in [0.1, 0.15) is 11.5 Å². The number of nitrogens with zero attached hydrogens (tertiary/aromatic N) is 3. The van der Waals surface area contributed by atoms with Gasteiger partial charge in [0.05, 0.1) is 0 Å². The van der Waals surface area contributed by atoms with Crippen molar-refractivity contribution in [3.8, 4) is 0 Å². The summed E-state index contributed by atoms with van der Waals surface area (Å²) in [4.78, 5) is 47.5. The molecule has 1 amide bonds. The summed E-state index contributed by atoms with van der Waals surface area (Å²) in [5.41, 5.74) is 6.06. The van der Waals surface area contributed by atoms with Crippen LogP contribution in [0.3, 0.4) is 0 Å². The Kier molecular flexibility index (Phi) is 6.94. The number of aromatic amines is 1. The molecule has 31 heavy (non-hydrogen) atoms. The Morgan fingerprint density at radius 3 is 2.68 bits per heavy atom. The maximum Gasteiger partial charge on any atom is 0.330 e. The van der Waals surface area contributed by atoms with Crippen molar-refractivity contribution >= 4 is 23.1 Å². The SMILES string of the molecule is CCCCn1c(N)c(N(CC(C)C)C(=O)C2=NOC(c3ccccc3)C2)c(=O)[nH]c1=O. The number of unbranched alkanes of at least 4 members (excludes halogenated alkanes) is 1. The van der Waals surface area contributed by atoms with Crippen molar-refractivity contribution in [1.82, 2.24) is 9.55 Å². The number of nitrogens with one attached hydrogen (secondary N) is 1. The van der Waals surface area contributed by atoms with Crippen LogP contribution >= 0.6 is 0 Å². The molecule has 0 saturated heterocycles. The third-order valence-corrected chi connectivity index (χ3v) is 5.10. The van der Waals surface area contributed by atoms with E-state index in [1.807, 2.05) is 51.1 Å². The number of amides is 1. The Labute approximate surface area is 180 Å². The first-order valence-corrected chi connectivity index (χ1v) is 10.6. The first kappa shape index (κ1) is 22.3. The molecular weight excluding hydrogens is 398 g/mol. The number of nitrogen functional groups attached to an aromatic ring is 1. The van der Waals surface area contributed by atoms with E-state index in [2.05, 4.69) is 10.1 Å². The summed E-state index contributed by atoms with van der Waals surface area (Å²) in [5, 5.41) is 4.00. The number of carbonyl (C=O) groups is 1. The van der Waals surface area contributed by atoms with Gasteiger partial charge in [0.25, 0.3) is 11.5 Å². The summed E-state index contributed by atoms with van der Waals surface area (Å²) in [6.45, 7) is 6.45. The molecule has 0 saturated carbocycles. The maximum atomic E-state index is 13.4. The fourth-order valence-corrected chi connectivity index (χ4v) is 3.52. The molecule has 0 spiro atoms. The zero-order valence-electron chi connectivity index (χ0n) is 18.1. The normalized spacial score (nSPS) is 15.6. The quantitative estimate of drug-likeness (QED) is 0.670. The summed E-state index contributed by atoms with van der Waals surface area (Å²) in [5.74, 6) is -0.424. The molecule has 0 fully saturated rings. The lowest BCUT2D eigenvalue weighted by Gasteiger charge is -2.25. The lowest BCUT2D eigenvalue weighted by Crippen LogP contribution is -2.45. The van der Waals surface area contributed by atoms with E-state index in [1.165, 1.54) is 9.47 Å². The predicted molar refractivity (Wildman–Crippen MR) is 120 cm³/mol. The van der Waals surface area contributed by atoms with Crippen LogP contribution in [0, 0.1) is 5.92 Å². The summed E-state index contributed by atoms with van der Waals surface area (Å²) >= 11 is 0. The number of H-pyrrole nitrogens is 1. The van der Waals surface area contributed by atoms with Crippen molar-refractivity contribution in [3.05, 3.63) is 56.7 Å². The predicted octanol–water partition coefficient (Wildman–Crippen LogP) is 2.43. The third kappa shape index (κ3) is 4.87. The largest absolute Gasteiger partial charge is 0.387 e. The number of carbonyl (C=O) groups excluding carboxylic acids is 1. The van der Waals surface area contributed by atoms with E-state index in [-0.39, 0.29) is 42.2 Å². The highest BCUT2D eigenvalue weighted by Crippen LogP contribution is 2.29. The van der Waals surface area contributed by atoms with E-state index in [1.54, 1.807) is 0 Å². The van der Waals surface area contributed by atoms with Gasteiger partial charge in [-0.15, -0.1) is 0 Å². The smallest absolute Gasteiger partial charge is 0.330 e. The van der Waals surface area contributed by atoms with E-state index in [0.29, 0.717) is 13.0 Å². The van der Waals surface area contributed by atoms with Crippen LogP contribution < -0.4 is 21.9 Å². The average Bonchev–Trinajstić information content (AvgIpc) is 3.23. The molecule has 1 aliphatic rings. The second-order valence-electron chi connectivity index (χ2n) is 8.05. The Bertz CT molecular complexity index is 1070. The van der Waals surface area contributed by atoms with Crippen LogP contribution in [-0.2, 0) is 16.2 Å². The molecule has 9 nitrogen and oxygen atoms in total. The molecule has 2 heterocycles. The van der Waals surface area contributed by atoms with Gasteiger partial charge in [-0.1, -0.05) is 62.7 Å². The standard InChI is InChI=1S/C22H29N5O4/c1-4-5-11-26-19(23)18(20(28)24-22(26)30)27(13-14(2)3)21(29)16-12-17(31-25-16)15-9-7-6-8-10-15/h6-10,14,17H,4-5,11-13,23H2,1-3H3,(H,24,28,30). The Morgan fingerprint density at radius 2 is 2.03 bits per heavy atom. The molecule has 0 aliphatic carbocycles. The van der Waals surface area contributed by atoms with Crippen LogP contribution in [0.5, 0.6) is 0 Å². The molecular formula is C22H29N5O4. The van der Waals surface area contributed by atoms with E-state index in [0.717, 1.165) is 12.0 Å². The highest BCUT2D eigenvalue weighted by Gasteiger charge is 2.33. The Morgan fingerprint density at radius 1 is 1.32 bits per heavy atom. The van der Waals surface area contributed by atoms with Gasteiger partial charge in [0.15, 0.2) is 11.8 Å². The fourth-order valence-electron chi connectivity index (χ4n) is 3.52. The van der Waals surface area contributed by atoms with Gasteiger partial charge in [0, 0.05) is 19.5 Å². The molecule has 1 atom stereocenters. The van der Waals surface area contributed by atoms with Crippen molar-refractivity contribution in [2.75, 3.05) is 17.2 Å². The van der Waals surface area contributed by atoms with Crippen molar-refractivity contribution in [1.29, 1.82) is 0 Å². The van der Waals surface area contributed by atoms with Gasteiger partial charge < -0.3 is 10.6 Å². The second kappa shape index (κ2) is 9.63. The molecule has 0 radical (unpaired) electrons. The first-order chi connectivity index (χ1) is 14.8. The van der Waals surface area contributed by atoms with Crippen molar-refractivity contribution in [2.24, 2.45) is 11.1 Å². The van der Waals surface area contributed by atoms with Gasteiger partial charge in [-0.2, -0.15) is 0 Å². The zero-order chi connectivity index (χ0) is 22.5. The molecule has 3 rings (SSSR count). The topological polar surface area (TPSA) is 123 Å². The van der Waals surface area contributed by atoms with Crippen LogP contribution in [0.15, 0.2) is 45.1 Å². The summed E-state index contributed by atoms with van der Waals surface area (Å²) in [6.07, 6.45) is 1.48. The van der Waals surface area contributed by atoms with Crippen molar-refractivity contribution in [2.45, 2.75) is 52.7 Å². The van der Waals surface area contributed by atoms with Crippen LogP contribution in [-0.4, -0.2) is 27.7 Å². The number of hydrogen-bond donors (Lipinski definition) is 2. The molecule has 166 valence electrons. The highest BCUT2D eigenvalue weighted by molar-refractivity contribution is 6.44. The zero-order valence-corrected chi connectivity index (χ0v) is 18.1. The summed E-state index contributed by atoms with van der Waals surface area (Å²) in [7, 11) is 0. The molecule has 2 aromatic rings. The van der Waals surface area contributed by atoms with Gasteiger partial charge in [-0.25, -0.2) is 4.79 Å². The van der Waals surface area contributed by atoms with Gasteiger partial charge >= 0.3 is 5.69 Å². The summed E-state index contributed by atoms with van der Waals surface area (Å²) < 4.78 is 1.31. The number of nitrogens with two attached hydrogens (primary N) is 1. The molecule has 1 aliphatic heterocycles. The highest BCUT2D eigenvalue weighted by atomic mass is 16.6. The summed E-state index contributed by atoms with van der Waals surface area (Å²) in [6, 6.07) is 9.50. The van der Waals surface area contributed by atoms with Gasteiger partial charge in [-0.3, -0.25) is 24.0 Å². The lowest BCUT2D eigenvalue weighted by molar-refractivity contribution is -0.112. The number of rotatable bonds is 8. The number of benzene rings is 1. The first-order valence-electron chi connectivity index (χ1n) is 10.6. The fraction of sp³-hybridized carbons (Fsp3) is 0.455. The third-order valence-electron chi connectivity index (χ3n) is 5.10. The van der Waals surface area contributed by atoms with Crippen LogP contribution in [0.4, 0.5) is 11.5 Å². The van der Waals surface area contributed by atoms with E-state index in [4.69, 9.17) is 10.6 Å². The van der Waals surface area contributed by atoms with Crippen LogP contribution in [0.1, 0.15) is 51.7 Å². The van der Waals surface area contributed by atoms with Crippen molar-refractivity contribution < 1.29 is 9.63 Å². The monoisotopic (exact) mass is 427 g/mol. The number of hydrogen-bond acceptors (Lipinski definition) is 6. The molecule has 0 bridgehead atoms. The Hall–Kier alpha value is -3.36. The van der Waals surface area contributed by atoms with E-state index >= 15 is 0 Å². The molecule has 1 unspecified atom stereocenters. The van der Waals surface area contributed by atoms with Gasteiger partial charge in [0.2, 0.25) is 0 Å². The second-order valence-corrected chi connectivity index (χ2v) is 8.05. The molecule has 9 heteroatoms. The van der Waals surface area contributed by atoms with Crippen molar-refractivity contribution in [3.63, 3.8) is 0 Å². The minimum absolute atomic E-state index is 0.0182. The minimum atomic E-state index is -0.691. The number of aromatic nitrogens is 2. The molecule has 1 aromatic carbocycles. The Balaban J connectivity index is 1.95. The minimum Gasteiger partial charge on any atom is -0.387 e.